The second-order valence-corrected chi connectivity index (χ2v) is 3.01. The Morgan fingerprint density at radius 3 is 3.08 bits per heavy atom. The summed E-state index contributed by atoms with van der Waals surface area (Å²) in [4.78, 5) is 0. The van der Waals surface area contributed by atoms with Gasteiger partial charge in [0.2, 0.25) is 0 Å². The average Bonchev–Trinajstić information content (AvgIpc) is 2.80. The van der Waals surface area contributed by atoms with Gasteiger partial charge in [-0.2, -0.15) is 5.10 Å². The van der Waals surface area contributed by atoms with E-state index in [9.17, 15) is 4.39 Å². The molecule has 1 saturated carbocycles. The minimum absolute atomic E-state index is 0.215. The second kappa shape index (κ2) is 2.63. The minimum atomic E-state index is -0.215. The molecule has 0 saturated heterocycles. The summed E-state index contributed by atoms with van der Waals surface area (Å²) < 4.78 is 14.6. The molecule has 0 aromatic carbocycles. The van der Waals surface area contributed by atoms with Gasteiger partial charge in [0, 0.05) is 5.92 Å². The van der Waals surface area contributed by atoms with Gasteiger partial charge in [-0.05, 0) is 12.8 Å². The first-order valence-electron chi connectivity index (χ1n) is 3.97. The van der Waals surface area contributed by atoms with Crippen molar-refractivity contribution >= 4 is 0 Å². The monoisotopic (exact) mass is 164 g/mol. The Morgan fingerprint density at radius 1 is 1.75 bits per heavy atom. The summed E-state index contributed by atoms with van der Waals surface area (Å²) in [6.07, 6.45) is 8.49. The number of hydrogen-bond acceptors (Lipinski definition) is 1. The number of terminal acetylenes is 1. The molecule has 1 aliphatic carbocycles. The number of rotatable bonds is 2. The Bertz CT molecular complexity index is 331. The normalized spacial score (nSPS) is 16.0. The standard InChI is InChI=1S/C9H9FN2/c1-2-5-12-9(7-3-4-7)8(10)6-11-12/h1,6-7H,3-5H2. The molecule has 0 spiro atoms. The topological polar surface area (TPSA) is 17.8 Å². The van der Waals surface area contributed by atoms with Gasteiger partial charge in [-0.15, -0.1) is 6.42 Å². The maximum atomic E-state index is 13.1. The average molecular weight is 164 g/mol. The van der Waals surface area contributed by atoms with Crippen molar-refractivity contribution in [3.05, 3.63) is 17.7 Å². The van der Waals surface area contributed by atoms with Crippen LogP contribution in [0.2, 0.25) is 0 Å². The Labute approximate surface area is 70.4 Å². The lowest BCUT2D eigenvalue weighted by Crippen LogP contribution is -2.03. The highest BCUT2D eigenvalue weighted by molar-refractivity contribution is 5.17. The molecule has 3 heteroatoms. The van der Waals surface area contributed by atoms with E-state index in [0.29, 0.717) is 18.2 Å². The van der Waals surface area contributed by atoms with Crippen molar-refractivity contribution in [3.63, 3.8) is 0 Å². The van der Waals surface area contributed by atoms with Crippen molar-refractivity contribution in [2.24, 2.45) is 0 Å². The van der Waals surface area contributed by atoms with Crippen molar-refractivity contribution in [2.75, 3.05) is 0 Å². The molecule has 1 aromatic rings. The molecule has 62 valence electrons. The molecule has 12 heavy (non-hydrogen) atoms. The number of aromatic nitrogens is 2. The summed E-state index contributed by atoms with van der Waals surface area (Å²) in [7, 11) is 0. The molecule has 1 aliphatic rings. The molecule has 0 N–H and O–H groups in total. The van der Waals surface area contributed by atoms with E-state index >= 15 is 0 Å². The number of hydrogen-bond donors (Lipinski definition) is 0. The fraction of sp³-hybridized carbons (Fsp3) is 0.444. The summed E-state index contributed by atoms with van der Waals surface area (Å²) in [5.41, 5.74) is 0.688. The quantitative estimate of drug-likeness (QED) is 0.606. The highest BCUT2D eigenvalue weighted by atomic mass is 19.1. The molecule has 1 fully saturated rings. The van der Waals surface area contributed by atoms with Crippen LogP contribution in [0.5, 0.6) is 0 Å². The van der Waals surface area contributed by atoms with Crippen molar-refractivity contribution in [1.29, 1.82) is 0 Å². The van der Waals surface area contributed by atoms with E-state index in [1.54, 1.807) is 4.68 Å². The lowest BCUT2D eigenvalue weighted by molar-refractivity contribution is 0.590. The lowest BCUT2D eigenvalue weighted by Gasteiger charge is -2.00. The zero-order valence-corrected chi connectivity index (χ0v) is 6.63. The van der Waals surface area contributed by atoms with E-state index in [2.05, 4.69) is 11.0 Å². The fourth-order valence-corrected chi connectivity index (χ4v) is 1.35. The predicted molar refractivity (Wildman–Crippen MR) is 43.0 cm³/mol. The van der Waals surface area contributed by atoms with Gasteiger partial charge in [0.05, 0.1) is 11.9 Å². The predicted octanol–water partition coefficient (Wildman–Crippen LogP) is 1.53. The first-order chi connectivity index (χ1) is 5.83. The van der Waals surface area contributed by atoms with Gasteiger partial charge in [-0.1, -0.05) is 5.92 Å². The second-order valence-electron chi connectivity index (χ2n) is 3.01. The minimum Gasteiger partial charge on any atom is -0.254 e. The van der Waals surface area contributed by atoms with Gasteiger partial charge < -0.3 is 0 Å². The highest BCUT2D eigenvalue weighted by Gasteiger charge is 2.30. The number of halogens is 1. The third-order valence-electron chi connectivity index (χ3n) is 2.04. The Morgan fingerprint density at radius 2 is 2.50 bits per heavy atom. The molecule has 0 unspecified atom stereocenters. The largest absolute Gasteiger partial charge is 0.254 e. The summed E-state index contributed by atoms with van der Waals surface area (Å²) in [6.45, 7) is 0.371. The van der Waals surface area contributed by atoms with Gasteiger partial charge in [0.25, 0.3) is 0 Å². The van der Waals surface area contributed by atoms with E-state index in [1.807, 2.05) is 0 Å². The molecule has 0 radical (unpaired) electrons. The first-order valence-corrected chi connectivity index (χ1v) is 3.97. The number of nitrogens with zero attached hydrogens (tertiary/aromatic N) is 2. The summed E-state index contributed by atoms with van der Waals surface area (Å²) in [5, 5.41) is 3.87. The van der Waals surface area contributed by atoms with Gasteiger partial charge in [-0.25, -0.2) is 4.39 Å². The van der Waals surface area contributed by atoms with E-state index in [1.165, 1.54) is 6.20 Å². The highest BCUT2D eigenvalue weighted by Crippen LogP contribution is 2.40. The molecule has 2 nitrogen and oxygen atoms in total. The van der Waals surface area contributed by atoms with Crippen LogP contribution in [-0.2, 0) is 6.54 Å². The third kappa shape index (κ3) is 1.10. The SMILES string of the molecule is C#CCn1ncc(F)c1C1CC1. The van der Waals surface area contributed by atoms with Crippen LogP contribution in [0, 0.1) is 18.2 Å². The van der Waals surface area contributed by atoms with Crippen LogP contribution in [0.15, 0.2) is 6.20 Å². The van der Waals surface area contributed by atoms with Crippen LogP contribution in [-0.4, -0.2) is 9.78 Å². The molecule has 0 aliphatic heterocycles. The van der Waals surface area contributed by atoms with E-state index in [-0.39, 0.29) is 5.82 Å². The first kappa shape index (κ1) is 7.35. The molecule has 0 bridgehead atoms. The lowest BCUT2D eigenvalue weighted by atomic mass is 10.3. The molecule has 0 amide bonds. The van der Waals surface area contributed by atoms with Crippen LogP contribution >= 0.6 is 0 Å². The van der Waals surface area contributed by atoms with Crippen LogP contribution in [0.4, 0.5) is 4.39 Å². The Hall–Kier alpha value is -1.30. The van der Waals surface area contributed by atoms with Crippen molar-refractivity contribution in [1.82, 2.24) is 9.78 Å². The molecule has 1 aromatic heterocycles. The summed E-state index contributed by atoms with van der Waals surface area (Å²) in [5.74, 6) is 2.60. The summed E-state index contributed by atoms with van der Waals surface area (Å²) in [6, 6.07) is 0. The molecule has 2 rings (SSSR count). The molecular weight excluding hydrogens is 155 g/mol. The van der Waals surface area contributed by atoms with Gasteiger partial charge in [0.1, 0.15) is 6.54 Å². The molecule has 1 heterocycles. The van der Waals surface area contributed by atoms with E-state index in [0.717, 1.165) is 12.8 Å². The van der Waals surface area contributed by atoms with Gasteiger partial charge in [0.15, 0.2) is 5.82 Å². The molecular formula is C9H9FN2. The van der Waals surface area contributed by atoms with Crippen molar-refractivity contribution in [2.45, 2.75) is 25.3 Å². The molecule has 0 atom stereocenters. The Balaban J connectivity index is 2.34. The third-order valence-corrected chi connectivity index (χ3v) is 2.04. The van der Waals surface area contributed by atoms with E-state index < -0.39 is 0 Å². The van der Waals surface area contributed by atoms with Crippen LogP contribution in [0.1, 0.15) is 24.5 Å². The van der Waals surface area contributed by atoms with Gasteiger partial charge in [-0.3, -0.25) is 4.68 Å². The maximum Gasteiger partial charge on any atom is 0.164 e. The zero-order chi connectivity index (χ0) is 8.55. The van der Waals surface area contributed by atoms with Crippen LogP contribution < -0.4 is 0 Å². The Kier molecular flexibility index (Phi) is 1.61. The van der Waals surface area contributed by atoms with E-state index in [4.69, 9.17) is 6.42 Å². The van der Waals surface area contributed by atoms with Crippen molar-refractivity contribution < 1.29 is 4.39 Å². The van der Waals surface area contributed by atoms with Crippen molar-refractivity contribution in [3.8, 4) is 12.3 Å². The maximum absolute atomic E-state index is 13.1. The van der Waals surface area contributed by atoms with Gasteiger partial charge >= 0.3 is 0 Å². The van der Waals surface area contributed by atoms with Crippen LogP contribution in [0.3, 0.4) is 0 Å². The van der Waals surface area contributed by atoms with Crippen LogP contribution in [0.25, 0.3) is 0 Å². The summed E-state index contributed by atoms with van der Waals surface area (Å²) >= 11 is 0. The zero-order valence-electron chi connectivity index (χ0n) is 6.63. The smallest absolute Gasteiger partial charge is 0.164 e. The fourth-order valence-electron chi connectivity index (χ4n) is 1.35.